The summed E-state index contributed by atoms with van der Waals surface area (Å²) >= 11 is 0. The van der Waals surface area contributed by atoms with Gasteiger partial charge in [0.2, 0.25) is 0 Å². The molecule has 15 heavy (non-hydrogen) atoms. The lowest BCUT2D eigenvalue weighted by atomic mass is 9.88. The molecular formula is C9H19NO5. The molecule has 0 aliphatic carbocycles. The molecule has 0 amide bonds. The van der Waals surface area contributed by atoms with Crippen molar-refractivity contribution < 1.29 is 25.5 Å². The van der Waals surface area contributed by atoms with E-state index in [0.29, 0.717) is 12.8 Å². The number of piperidine rings is 1. The van der Waals surface area contributed by atoms with Crippen LogP contribution in [0.15, 0.2) is 0 Å². The van der Waals surface area contributed by atoms with Crippen LogP contribution in [0.25, 0.3) is 0 Å². The average molecular weight is 221 g/mol. The summed E-state index contributed by atoms with van der Waals surface area (Å²) in [6, 6.07) is -1.04. The minimum atomic E-state index is -1.26. The second-order valence-electron chi connectivity index (χ2n) is 3.90. The van der Waals surface area contributed by atoms with E-state index >= 15 is 0 Å². The lowest BCUT2D eigenvalue weighted by molar-refractivity contribution is -0.120. The quantitative estimate of drug-likeness (QED) is 0.305. The Kier molecular flexibility index (Phi) is 4.91. The third-order valence-electron chi connectivity index (χ3n) is 2.82. The van der Waals surface area contributed by atoms with E-state index in [4.69, 9.17) is 10.2 Å². The zero-order valence-electron chi connectivity index (χ0n) is 8.45. The van der Waals surface area contributed by atoms with Crippen molar-refractivity contribution in [3.8, 4) is 0 Å². The molecule has 0 aromatic rings. The van der Waals surface area contributed by atoms with Crippen LogP contribution < -0.4 is 5.32 Å². The smallest absolute Gasteiger partial charge is 0.109 e. The summed E-state index contributed by atoms with van der Waals surface area (Å²) in [6.07, 6.45) is -2.52. The normalized spacial score (nSPS) is 41.8. The summed E-state index contributed by atoms with van der Waals surface area (Å²) in [7, 11) is 0. The molecule has 1 rings (SSSR count). The van der Waals surface area contributed by atoms with Gasteiger partial charge in [-0.1, -0.05) is 0 Å². The summed E-state index contributed by atoms with van der Waals surface area (Å²) in [5.74, 6) is 0. The Labute approximate surface area is 88.2 Å². The fourth-order valence-corrected chi connectivity index (χ4v) is 1.88. The van der Waals surface area contributed by atoms with E-state index in [1.54, 1.807) is 0 Å². The Balaban J connectivity index is 2.57. The van der Waals surface area contributed by atoms with Crippen LogP contribution in [0, 0.1) is 0 Å². The number of nitrogens with one attached hydrogen (secondary N) is 1. The van der Waals surface area contributed by atoms with Crippen LogP contribution in [-0.4, -0.2) is 69.1 Å². The Morgan fingerprint density at radius 3 is 2.00 bits per heavy atom. The summed E-state index contributed by atoms with van der Waals surface area (Å²) in [6.45, 7) is -0.298. The van der Waals surface area contributed by atoms with E-state index in [9.17, 15) is 15.3 Å². The summed E-state index contributed by atoms with van der Waals surface area (Å²) in [5.41, 5.74) is 0. The minimum absolute atomic E-state index is 0.00728. The van der Waals surface area contributed by atoms with Gasteiger partial charge in [-0.15, -0.1) is 0 Å². The van der Waals surface area contributed by atoms with E-state index in [-0.39, 0.29) is 13.2 Å². The molecule has 1 heterocycles. The Bertz CT molecular complexity index is 189. The van der Waals surface area contributed by atoms with Gasteiger partial charge in [0.05, 0.1) is 24.9 Å². The van der Waals surface area contributed by atoms with Gasteiger partial charge < -0.3 is 30.8 Å². The molecule has 1 aliphatic rings. The van der Waals surface area contributed by atoms with Crippen LogP contribution in [0.4, 0.5) is 0 Å². The Morgan fingerprint density at radius 1 is 0.867 bits per heavy atom. The van der Waals surface area contributed by atoms with Gasteiger partial charge in [0.15, 0.2) is 0 Å². The standard InChI is InChI=1S/C9H19NO5/c11-3-1-2-5-7(13)9(15)8(14)6(4-12)10-5/h5-15H,1-4H2/t5-,6+,7+,8+,9-/m1/s1. The molecule has 6 nitrogen and oxygen atoms in total. The summed E-state index contributed by atoms with van der Waals surface area (Å²) < 4.78 is 0. The molecule has 0 bridgehead atoms. The highest BCUT2D eigenvalue weighted by Crippen LogP contribution is 2.18. The highest BCUT2D eigenvalue weighted by Gasteiger charge is 2.41. The predicted molar refractivity (Wildman–Crippen MR) is 52.1 cm³/mol. The summed E-state index contributed by atoms with van der Waals surface area (Å²) in [5, 5.41) is 49.0. The Morgan fingerprint density at radius 2 is 1.47 bits per heavy atom. The first-order chi connectivity index (χ1) is 7.11. The van der Waals surface area contributed by atoms with Crippen molar-refractivity contribution in [2.24, 2.45) is 0 Å². The number of hydrogen-bond donors (Lipinski definition) is 6. The molecule has 90 valence electrons. The lowest BCUT2D eigenvalue weighted by Crippen LogP contribution is -2.65. The first-order valence-corrected chi connectivity index (χ1v) is 5.13. The zero-order valence-corrected chi connectivity index (χ0v) is 8.45. The number of rotatable bonds is 4. The average Bonchev–Trinajstić information content (AvgIpc) is 2.25. The number of aliphatic hydroxyl groups excluding tert-OH is 5. The topological polar surface area (TPSA) is 113 Å². The number of aliphatic hydroxyl groups is 5. The predicted octanol–water partition coefficient (Wildman–Crippen LogP) is -2.83. The van der Waals surface area contributed by atoms with Crippen molar-refractivity contribution in [2.75, 3.05) is 13.2 Å². The maximum Gasteiger partial charge on any atom is 0.109 e. The van der Waals surface area contributed by atoms with E-state index in [1.807, 2.05) is 0 Å². The largest absolute Gasteiger partial charge is 0.396 e. The van der Waals surface area contributed by atoms with Crippen molar-refractivity contribution in [3.63, 3.8) is 0 Å². The van der Waals surface area contributed by atoms with E-state index in [0.717, 1.165) is 0 Å². The fraction of sp³-hybridized carbons (Fsp3) is 1.00. The van der Waals surface area contributed by atoms with Gasteiger partial charge in [-0.2, -0.15) is 0 Å². The maximum atomic E-state index is 9.61. The van der Waals surface area contributed by atoms with E-state index in [1.165, 1.54) is 0 Å². The highest BCUT2D eigenvalue weighted by atomic mass is 16.4. The molecule has 0 aromatic carbocycles. The first-order valence-electron chi connectivity index (χ1n) is 5.13. The highest BCUT2D eigenvalue weighted by molar-refractivity contribution is 4.97. The number of hydrogen-bond acceptors (Lipinski definition) is 6. The third-order valence-corrected chi connectivity index (χ3v) is 2.82. The SMILES string of the molecule is OCCC[C@H]1N[C@@H](CO)[C@H](O)[C@H](O)[C@H]1O. The second-order valence-corrected chi connectivity index (χ2v) is 3.90. The maximum absolute atomic E-state index is 9.61. The molecule has 0 saturated carbocycles. The Hall–Kier alpha value is -0.240. The van der Waals surface area contributed by atoms with Crippen LogP contribution in [-0.2, 0) is 0 Å². The van der Waals surface area contributed by atoms with Gasteiger partial charge in [0, 0.05) is 12.6 Å². The van der Waals surface area contributed by atoms with Crippen molar-refractivity contribution in [1.29, 1.82) is 0 Å². The van der Waals surface area contributed by atoms with Crippen LogP contribution >= 0.6 is 0 Å². The first kappa shape index (κ1) is 12.8. The minimum Gasteiger partial charge on any atom is -0.396 e. The van der Waals surface area contributed by atoms with Gasteiger partial charge in [-0.25, -0.2) is 0 Å². The van der Waals surface area contributed by atoms with Gasteiger partial charge in [0.1, 0.15) is 6.10 Å². The molecule has 0 spiro atoms. The molecule has 6 N–H and O–H groups in total. The molecule has 0 unspecified atom stereocenters. The van der Waals surface area contributed by atoms with E-state index in [2.05, 4.69) is 5.32 Å². The third kappa shape index (κ3) is 2.87. The van der Waals surface area contributed by atoms with E-state index < -0.39 is 30.4 Å². The van der Waals surface area contributed by atoms with Gasteiger partial charge >= 0.3 is 0 Å². The lowest BCUT2D eigenvalue weighted by Gasteiger charge is -2.41. The van der Waals surface area contributed by atoms with Gasteiger partial charge in [-0.05, 0) is 12.8 Å². The van der Waals surface area contributed by atoms with Crippen molar-refractivity contribution >= 4 is 0 Å². The molecular weight excluding hydrogens is 202 g/mol. The molecule has 5 atom stereocenters. The van der Waals surface area contributed by atoms with Crippen LogP contribution in [0.3, 0.4) is 0 Å². The molecule has 0 radical (unpaired) electrons. The molecule has 1 aliphatic heterocycles. The van der Waals surface area contributed by atoms with Gasteiger partial charge in [0.25, 0.3) is 0 Å². The van der Waals surface area contributed by atoms with Crippen LogP contribution in [0.5, 0.6) is 0 Å². The molecule has 0 aromatic heterocycles. The molecule has 1 fully saturated rings. The zero-order chi connectivity index (χ0) is 11.4. The van der Waals surface area contributed by atoms with Crippen LogP contribution in [0.1, 0.15) is 12.8 Å². The molecule has 1 saturated heterocycles. The van der Waals surface area contributed by atoms with Crippen molar-refractivity contribution in [1.82, 2.24) is 5.32 Å². The molecule has 6 heteroatoms. The fourth-order valence-electron chi connectivity index (χ4n) is 1.88. The van der Waals surface area contributed by atoms with Crippen molar-refractivity contribution in [2.45, 2.75) is 43.2 Å². The van der Waals surface area contributed by atoms with Gasteiger partial charge in [-0.3, -0.25) is 0 Å². The second kappa shape index (κ2) is 5.74. The van der Waals surface area contributed by atoms with Crippen LogP contribution in [0.2, 0.25) is 0 Å². The van der Waals surface area contributed by atoms with Crippen molar-refractivity contribution in [3.05, 3.63) is 0 Å². The summed E-state index contributed by atoms with van der Waals surface area (Å²) in [4.78, 5) is 0. The monoisotopic (exact) mass is 221 g/mol.